The van der Waals surface area contributed by atoms with Crippen molar-refractivity contribution in [2.24, 2.45) is 5.10 Å². The zero-order valence-electron chi connectivity index (χ0n) is 15.1. The predicted molar refractivity (Wildman–Crippen MR) is 99.2 cm³/mol. The van der Waals surface area contributed by atoms with Gasteiger partial charge in [0.15, 0.2) is 11.5 Å². The van der Waals surface area contributed by atoms with Gasteiger partial charge in [0.2, 0.25) is 12.6 Å². The summed E-state index contributed by atoms with van der Waals surface area (Å²) in [6, 6.07) is 15.4. The third-order valence-corrected chi connectivity index (χ3v) is 4.27. The summed E-state index contributed by atoms with van der Waals surface area (Å²) in [5, 5.41) is 7.90. The molecule has 4 rings (SSSR count). The minimum Gasteiger partial charge on any atom is -0.460 e. The molecule has 2 aliphatic rings. The number of hydrazine groups is 1. The molecule has 2 aromatic rings. The maximum absolute atomic E-state index is 12.3. The molecular weight excluding hydrogens is 348 g/mol. The Kier molecular flexibility index (Phi) is 4.55. The molecule has 0 saturated carbocycles. The number of nitrogens with zero attached hydrogens (tertiary/aromatic N) is 3. The van der Waals surface area contributed by atoms with E-state index in [-0.39, 0.29) is 25.4 Å². The quantitative estimate of drug-likeness (QED) is 0.830. The first-order valence-corrected chi connectivity index (χ1v) is 8.67. The van der Waals surface area contributed by atoms with E-state index < -0.39 is 5.97 Å². The molecule has 0 amide bonds. The number of hydrogen-bond acceptors (Lipinski definition) is 8. The van der Waals surface area contributed by atoms with Crippen LogP contribution in [0, 0.1) is 0 Å². The number of hydrazone groups is 1. The van der Waals surface area contributed by atoms with E-state index in [1.54, 1.807) is 24.0 Å². The number of anilines is 1. The molecule has 8 heteroatoms. The summed E-state index contributed by atoms with van der Waals surface area (Å²) in [5.41, 5.74) is 5.05. The molecule has 8 nitrogen and oxygen atoms in total. The molecule has 0 saturated heterocycles. The second-order valence-electron chi connectivity index (χ2n) is 6.03. The normalized spacial score (nSPS) is 18.3. The Balaban J connectivity index is 1.75. The summed E-state index contributed by atoms with van der Waals surface area (Å²) >= 11 is 0. The molecule has 140 valence electrons. The molecule has 1 atom stereocenters. The van der Waals surface area contributed by atoms with Gasteiger partial charge in [-0.15, -0.1) is 5.10 Å². The number of esters is 1. The number of para-hydroxylation sites is 1. The number of hydrogen-bond donors (Lipinski definition) is 1. The Hall–Kier alpha value is -3.26. The predicted octanol–water partition coefficient (Wildman–Crippen LogP) is 2.25. The van der Waals surface area contributed by atoms with Crippen molar-refractivity contribution >= 4 is 17.5 Å². The van der Waals surface area contributed by atoms with Crippen LogP contribution in [0.3, 0.4) is 0 Å². The van der Waals surface area contributed by atoms with E-state index in [1.165, 1.54) is 0 Å². The van der Waals surface area contributed by atoms with Gasteiger partial charge in [0.05, 0.1) is 12.3 Å². The van der Waals surface area contributed by atoms with Crippen LogP contribution in [0.25, 0.3) is 0 Å². The summed E-state index contributed by atoms with van der Waals surface area (Å²) in [4.78, 5) is 12.3. The van der Waals surface area contributed by atoms with E-state index in [9.17, 15) is 4.79 Å². The number of ether oxygens (including phenoxy) is 3. The van der Waals surface area contributed by atoms with Crippen LogP contribution < -0.4 is 19.9 Å². The maximum Gasteiger partial charge on any atom is 0.377 e. The van der Waals surface area contributed by atoms with Crippen molar-refractivity contribution in [3.8, 4) is 11.5 Å². The van der Waals surface area contributed by atoms with Crippen molar-refractivity contribution < 1.29 is 19.0 Å². The first kappa shape index (κ1) is 17.2. The highest BCUT2D eigenvalue weighted by molar-refractivity contribution is 6.35. The molecule has 2 aliphatic heterocycles. The lowest BCUT2D eigenvalue weighted by Crippen LogP contribution is -2.55. The first-order chi connectivity index (χ1) is 13.2. The summed E-state index contributed by atoms with van der Waals surface area (Å²) in [6.45, 7) is 2.26. The lowest BCUT2D eigenvalue weighted by atomic mass is 10.1. The van der Waals surface area contributed by atoms with E-state index in [4.69, 9.17) is 14.2 Å². The van der Waals surface area contributed by atoms with E-state index in [0.717, 1.165) is 11.3 Å². The van der Waals surface area contributed by atoms with Crippen LogP contribution in [-0.2, 0) is 9.53 Å². The van der Waals surface area contributed by atoms with Crippen molar-refractivity contribution in [3.63, 3.8) is 0 Å². The summed E-state index contributed by atoms with van der Waals surface area (Å²) < 4.78 is 16.0. The zero-order chi connectivity index (χ0) is 18.8. The molecule has 1 N–H and O–H groups in total. The number of carbonyl (C=O) groups is 1. The van der Waals surface area contributed by atoms with Gasteiger partial charge in [0.1, 0.15) is 6.17 Å². The molecule has 27 heavy (non-hydrogen) atoms. The van der Waals surface area contributed by atoms with Crippen LogP contribution in [0.15, 0.2) is 53.6 Å². The minimum absolute atomic E-state index is 0.178. The molecule has 0 bridgehead atoms. The van der Waals surface area contributed by atoms with Crippen molar-refractivity contribution in [2.75, 3.05) is 25.5 Å². The number of carbonyl (C=O) groups excluding carboxylic acids is 1. The Morgan fingerprint density at radius 2 is 2.00 bits per heavy atom. The highest BCUT2D eigenvalue weighted by Crippen LogP contribution is 2.36. The first-order valence-electron chi connectivity index (χ1n) is 8.67. The van der Waals surface area contributed by atoms with Crippen LogP contribution in [0.4, 0.5) is 5.69 Å². The van der Waals surface area contributed by atoms with Gasteiger partial charge < -0.3 is 14.2 Å². The van der Waals surface area contributed by atoms with Gasteiger partial charge in [-0.2, -0.15) is 0 Å². The third-order valence-electron chi connectivity index (χ3n) is 4.27. The summed E-state index contributed by atoms with van der Waals surface area (Å²) in [5.74, 6) is 1.09. The molecule has 0 aliphatic carbocycles. The fraction of sp³-hybridized carbons (Fsp3) is 0.263. The van der Waals surface area contributed by atoms with E-state index in [0.29, 0.717) is 11.5 Å². The van der Waals surface area contributed by atoms with Gasteiger partial charge in [0.25, 0.3) is 0 Å². The Morgan fingerprint density at radius 3 is 2.78 bits per heavy atom. The van der Waals surface area contributed by atoms with Crippen LogP contribution >= 0.6 is 0 Å². The number of rotatable bonds is 4. The molecule has 2 heterocycles. The van der Waals surface area contributed by atoms with Gasteiger partial charge in [-0.3, -0.25) is 5.01 Å². The Bertz CT molecular complexity index is 871. The smallest absolute Gasteiger partial charge is 0.377 e. The second-order valence-corrected chi connectivity index (χ2v) is 6.03. The van der Waals surface area contributed by atoms with Crippen molar-refractivity contribution in [3.05, 3.63) is 54.1 Å². The van der Waals surface area contributed by atoms with Crippen molar-refractivity contribution in [1.82, 2.24) is 10.4 Å². The van der Waals surface area contributed by atoms with Gasteiger partial charge in [0, 0.05) is 7.05 Å². The standard InChI is InChI=1S/C19H20N4O4/c1-3-25-19(24)18-21-23(14-7-5-4-6-8-14)17(20-22(18)2)13-9-10-15-16(11-13)27-12-26-15/h4-11,17,20H,3,12H2,1-2H3/t17-/m0/s1. The van der Waals surface area contributed by atoms with Crippen LogP contribution in [0.2, 0.25) is 0 Å². The summed E-state index contributed by atoms with van der Waals surface area (Å²) in [6.07, 6.45) is -0.343. The molecule has 0 radical (unpaired) electrons. The fourth-order valence-corrected chi connectivity index (χ4v) is 2.99. The van der Waals surface area contributed by atoms with Crippen molar-refractivity contribution in [2.45, 2.75) is 13.1 Å². The number of likely N-dealkylation sites (N-methyl/N-ethyl adjacent to an activating group) is 1. The zero-order valence-corrected chi connectivity index (χ0v) is 15.1. The topological polar surface area (TPSA) is 75.6 Å². The van der Waals surface area contributed by atoms with E-state index in [2.05, 4.69) is 10.5 Å². The number of nitrogens with one attached hydrogen (secondary N) is 1. The van der Waals surface area contributed by atoms with E-state index in [1.807, 2.05) is 48.5 Å². The Labute approximate surface area is 156 Å². The van der Waals surface area contributed by atoms with Crippen LogP contribution in [0.1, 0.15) is 18.7 Å². The van der Waals surface area contributed by atoms with Gasteiger partial charge in [-0.1, -0.05) is 24.3 Å². The lowest BCUT2D eigenvalue weighted by Gasteiger charge is -2.39. The van der Waals surface area contributed by atoms with Crippen LogP contribution in [0.5, 0.6) is 11.5 Å². The number of fused-ring (bicyclic) bond motifs is 1. The average Bonchev–Trinajstić information content (AvgIpc) is 3.16. The van der Waals surface area contributed by atoms with Crippen molar-refractivity contribution in [1.29, 1.82) is 0 Å². The summed E-state index contributed by atoms with van der Waals surface area (Å²) in [7, 11) is 1.73. The second kappa shape index (κ2) is 7.16. The third kappa shape index (κ3) is 3.26. The largest absolute Gasteiger partial charge is 0.460 e. The average molecular weight is 368 g/mol. The highest BCUT2D eigenvalue weighted by atomic mass is 16.7. The van der Waals surface area contributed by atoms with Gasteiger partial charge in [-0.25, -0.2) is 15.2 Å². The molecule has 0 aromatic heterocycles. The molecular formula is C19H20N4O4. The number of benzene rings is 2. The fourth-order valence-electron chi connectivity index (χ4n) is 2.99. The molecule has 0 spiro atoms. The minimum atomic E-state index is -0.488. The number of amidine groups is 1. The van der Waals surface area contributed by atoms with Gasteiger partial charge >= 0.3 is 5.97 Å². The Morgan fingerprint density at radius 1 is 1.22 bits per heavy atom. The van der Waals surface area contributed by atoms with E-state index >= 15 is 0 Å². The molecule has 2 aromatic carbocycles. The molecule has 0 unspecified atom stereocenters. The molecule has 0 fully saturated rings. The maximum atomic E-state index is 12.3. The van der Waals surface area contributed by atoms with Gasteiger partial charge in [-0.05, 0) is 36.8 Å². The highest BCUT2D eigenvalue weighted by Gasteiger charge is 2.33. The SMILES string of the molecule is CCOC(=O)C1=NN(c2ccccc2)[C@@H](c2ccc3c(c2)OCO3)NN1C. The monoisotopic (exact) mass is 368 g/mol. The van der Waals surface area contributed by atoms with Crippen LogP contribution in [-0.4, -0.2) is 37.3 Å². The lowest BCUT2D eigenvalue weighted by molar-refractivity contribution is -0.136.